The molecule has 2 aliphatic rings. The van der Waals surface area contributed by atoms with Crippen molar-refractivity contribution in [2.75, 3.05) is 19.6 Å². The molecule has 2 fully saturated rings. The van der Waals surface area contributed by atoms with Crippen LogP contribution in [0.25, 0.3) is 0 Å². The second-order valence-corrected chi connectivity index (χ2v) is 7.54. The van der Waals surface area contributed by atoms with E-state index in [9.17, 15) is 9.59 Å². The smallest absolute Gasteiger partial charge is 0.226 e. The summed E-state index contributed by atoms with van der Waals surface area (Å²) in [6.07, 6.45) is 4.84. The summed E-state index contributed by atoms with van der Waals surface area (Å²) in [5, 5.41) is 3.15. The topological polar surface area (TPSA) is 53.5 Å². The highest BCUT2D eigenvalue weighted by Crippen LogP contribution is 2.35. The second-order valence-electron chi connectivity index (χ2n) is 6.65. The van der Waals surface area contributed by atoms with Crippen molar-refractivity contribution in [3.63, 3.8) is 0 Å². The van der Waals surface area contributed by atoms with Crippen LogP contribution in [-0.2, 0) is 9.59 Å². The Hall–Kier alpha value is -1.43. The number of piperidine rings is 2. The van der Waals surface area contributed by atoms with Crippen LogP contribution >= 0.6 is 11.3 Å². The van der Waals surface area contributed by atoms with Crippen molar-refractivity contribution in [1.29, 1.82) is 0 Å². The molecule has 1 unspecified atom stereocenters. The van der Waals surface area contributed by atoms with Gasteiger partial charge in [0, 0.05) is 43.5 Å². The van der Waals surface area contributed by atoms with Gasteiger partial charge in [0.15, 0.2) is 0 Å². The number of amides is 2. The predicted octanol–water partition coefficient (Wildman–Crippen LogP) is 2.76. The number of carbonyl (C=O) groups excluding carboxylic acids is 2. The fraction of sp³-hybridized carbons (Fsp3) is 0.706. The summed E-state index contributed by atoms with van der Waals surface area (Å²) >= 11 is 1.67. The van der Waals surface area contributed by atoms with Gasteiger partial charge in [0.05, 0.1) is 6.04 Å². The number of aromatic nitrogens is 1. The fourth-order valence-electron chi connectivity index (χ4n) is 3.65. The molecule has 2 saturated heterocycles. The molecule has 3 heterocycles. The molecular weight excluding hydrogens is 310 g/mol. The Morgan fingerprint density at radius 3 is 2.52 bits per heavy atom. The van der Waals surface area contributed by atoms with Crippen LogP contribution in [0.1, 0.15) is 55.8 Å². The van der Waals surface area contributed by atoms with Crippen LogP contribution in [0.15, 0.2) is 5.38 Å². The summed E-state index contributed by atoms with van der Waals surface area (Å²) in [6, 6.07) is 0.154. The lowest BCUT2D eigenvalue weighted by molar-refractivity contribution is -0.143. The zero-order valence-corrected chi connectivity index (χ0v) is 14.8. The van der Waals surface area contributed by atoms with Crippen molar-refractivity contribution in [2.45, 2.75) is 52.0 Å². The van der Waals surface area contributed by atoms with Gasteiger partial charge in [0.2, 0.25) is 11.8 Å². The van der Waals surface area contributed by atoms with E-state index < -0.39 is 0 Å². The van der Waals surface area contributed by atoms with Crippen LogP contribution in [0.5, 0.6) is 0 Å². The molecule has 23 heavy (non-hydrogen) atoms. The molecule has 1 aromatic heterocycles. The summed E-state index contributed by atoms with van der Waals surface area (Å²) in [5.74, 6) is 0.447. The monoisotopic (exact) mass is 335 g/mol. The number of hydrogen-bond donors (Lipinski definition) is 0. The minimum Gasteiger partial charge on any atom is -0.343 e. The van der Waals surface area contributed by atoms with Gasteiger partial charge >= 0.3 is 0 Å². The summed E-state index contributed by atoms with van der Waals surface area (Å²) in [5.41, 5.74) is 1.04. The average molecular weight is 335 g/mol. The average Bonchev–Trinajstić information content (AvgIpc) is 3.00. The molecule has 126 valence electrons. The first-order valence-electron chi connectivity index (χ1n) is 8.54. The molecule has 0 spiro atoms. The maximum absolute atomic E-state index is 13.0. The van der Waals surface area contributed by atoms with E-state index in [-0.39, 0.29) is 23.8 Å². The molecule has 0 radical (unpaired) electrons. The standard InChI is InChI=1S/C17H25N3O2S/c1-12-11-23-16(18-12)15-5-3-4-8-20(15)17(22)14-6-9-19(10-7-14)13(2)21/h11,14-15H,3-10H2,1-2H3. The first-order chi connectivity index (χ1) is 11.1. The number of likely N-dealkylation sites (tertiary alicyclic amines) is 2. The van der Waals surface area contributed by atoms with Gasteiger partial charge < -0.3 is 9.80 Å². The van der Waals surface area contributed by atoms with E-state index in [1.807, 2.05) is 11.8 Å². The van der Waals surface area contributed by atoms with Gasteiger partial charge in [-0.25, -0.2) is 4.98 Å². The van der Waals surface area contributed by atoms with Crippen molar-refractivity contribution >= 4 is 23.2 Å². The molecule has 5 nitrogen and oxygen atoms in total. The molecule has 0 saturated carbocycles. The molecule has 1 atom stereocenters. The normalized spacial score (nSPS) is 23.1. The van der Waals surface area contributed by atoms with Gasteiger partial charge in [0.1, 0.15) is 5.01 Å². The largest absolute Gasteiger partial charge is 0.343 e. The summed E-state index contributed by atoms with van der Waals surface area (Å²) < 4.78 is 0. The van der Waals surface area contributed by atoms with Crippen LogP contribution in [0.3, 0.4) is 0 Å². The molecule has 0 aromatic carbocycles. The van der Waals surface area contributed by atoms with E-state index in [4.69, 9.17) is 0 Å². The van der Waals surface area contributed by atoms with Crippen LogP contribution in [0.2, 0.25) is 0 Å². The van der Waals surface area contributed by atoms with Crippen molar-refractivity contribution in [3.8, 4) is 0 Å². The lowest BCUT2D eigenvalue weighted by Gasteiger charge is -2.39. The van der Waals surface area contributed by atoms with Crippen LogP contribution in [-0.4, -0.2) is 46.2 Å². The highest BCUT2D eigenvalue weighted by Gasteiger charge is 2.35. The predicted molar refractivity (Wildman–Crippen MR) is 90.1 cm³/mol. The van der Waals surface area contributed by atoms with E-state index in [1.165, 1.54) is 0 Å². The number of carbonyl (C=O) groups is 2. The Balaban J connectivity index is 1.68. The number of aryl methyl sites for hydroxylation is 1. The van der Waals surface area contributed by atoms with Crippen molar-refractivity contribution in [3.05, 3.63) is 16.1 Å². The third-order valence-corrected chi connectivity index (χ3v) is 6.06. The van der Waals surface area contributed by atoms with Gasteiger partial charge in [0.25, 0.3) is 0 Å². The van der Waals surface area contributed by atoms with Crippen molar-refractivity contribution in [1.82, 2.24) is 14.8 Å². The van der Waals surface area contributed by atoms with Gasteiger partial charge in [-0.05, 0) is 39.0 Å². The summed E-state index contributed by atoms with van der Waals surface area (Å²) in [4.78, 5) is 33.0. The quantitative estimate of drug-likeness (QED) is 0.835. The Labute approximate surface area is 141 Å². The third kappa shape index (κ3) is 3.57. The van der Waals surface area contributed by atoms with E-state index in [1.54, 1.807) is 18.3 Å². The molecule has 6 heteroatoms. The first kappa shape index (κ1) is 16.4. The maximum atomic E-state index is 13.0. The van der Waals surface area contributed by atoms with Gasteiger partial charge in [-0.1, -0.05) is 0 Å². The van der Waals surface area contributed by atoms with Gasteiger partial charge in [-0.15, -0.1) is 11.3 Å². The van der Waals surface area contributed by atoms with Crippen LogP contribution < -0.4 is 0 Å². The summed E-state index contributed by atoms with van der Waals surface area (Å²) in [6.45, 7) is 5.87. The minimum absolute atomic E-state index is 0.0623. The molecule has 0 N–H and O–H groups in total. The highest BCUT2D eigenvalue weighted by atomic mass is 32.1. The van der Waals surface area contributed by atoms with Gasteiger partial charge in [-0.3, -0.25) is 9.59 Å². The number of thiazole rings is 1. The zero-order chi connectivity index (χ0) is 16.4. The molecule has 0 bridgehead atoms. The molecule has 3 rings (SSSR count). The third-order valence-electron chi connectivity index (χ3n) is 5.00. The maximum Gasteiger partial charge on any atom is 0.226 e. The van der Waals surface area contributed by atoms with Crippen molar-refractivity contribution in [2.24, 2.45) is 5.92 Å². The lowest BCUT2D eigenvalue weighted by Crippen LogP contribution is -2.46. The number of nitrogens with zero attached hydrogens (tertiary/aromatic N) is 3. The van der Waals surface area contributed by atoms with E-state index >= 15 is 0 Å². The molecule has 1 aromatic rings. The van der Waals surface area contributed by atoms with Gasteiger partial charge in [-0.2, -0.15) is 0 Å². The molecule has 2 aliphatic heterocycles. The fourth-order valence-corrected chi connectivity index (χ4v) is 4.60. The lowest BCUT2D eigenvalue weighted by atomic mass is 9.92. The highest BCUT2D eigenvalue weighted by molar-refractivity contribution is 7.09. The van der Waals surface area contributed by atoms with Crippen LogP contribution in [0.4, 0.5) is 0 Å². The number of hydrogen-bond acceptors (Lipinski definition) is 4. The molecule has 0 aliphatic carbocycles. The molecule has 2 amide bonds. The SMILES string of the molecule is CC(=O)N1CCC(C(=O)N2CCCCC2c2nc(C)cs2)CC1. The van der Waals surface area contributed by atoms with Crippen LogP contribution in [0, 0.1) is 12.8 Å². The summed E-state index contributed by atoms with van der Waals surface area (Å²) in [7, 11) is 0. The Kier molecular flexibility index (Phi) is 4.99. The van der Waals surface area contributed by atoms with E-state index in [2.05, 4.69) is 15.3 Å². The minimum atomic E-state index is 0.0623. The van der Waals surface area contributed by atoms with Crippen molar-refractivity contribution < 1.29 is 9.59 Å². The van der Waals surface area contributed by atoms with E-state index in [0.29, 0.717) is 13.1 Å². The van der Waals surface area contributed by atoms with E-state index in [0.717, 1.165) is 49.4 Å². The first-order valence-corrected chi connectivity index (χ1v) is 9.42. The number of rotatable bonds is 2. The Morgan fingerprint density at radius 2 is 1.91 bits per heavy atom. The second kappa shape index (κ2) is 6.99. The Bertz CT molecular complexity index is 578. The molecular formula is C17H25N3O2S. The zero-order valence-electron chi connectivity index (χ0n) is 14.0. The Morgan fingerprint density at radius 1 is 1.17 bits per heavy atom.